The average Bonchev–Trinajstić information content (AvgIpc) is 2.71. The van der Waals surface area contributed by atoms with Crippen LogP contribution in [0, 0.1) is 5.38 Å². The molecule has 0 aliphatic heterocycles. The molecule has 0 fully saturated rings. The zero-order valence-electron chi connectivity index (χ0n) is 9.16. The summed E-state index contributed by atoms with van der Waals surface area (Å²) in [4.78, 5) is 1.26. The van der Waals surface area contributed by atoms with Gasteiger partial charge < -0.3 is 12.4 Å². The van der Waals surface area contributed by atoms with Crippen molar-refractivity contribution >= 4 is 16.9 Å². The Morgan fingerprint density at radius 3 is 2.25 bits per heavy atom. The summed E-state index contributed by atoms with van der Waals surface area (Å²) in [6.07, 6.45) is 0. The Kier molecular flexibility index (Phi) is 6.82. The van der Waals surface area contributed by atoms with Gasteiger partial charge in [0.05, 0.1) is 0 Å². The summed E-state index contributed by atoms with van der Waals surface area (Å²) < 4.78 is 0. The van der Waals surface area contributed by atoms with E-state index in [0.29, 0.717) is 0 Å². The number of hydrogen-bond donors (Lipinski definition) is 0. The van der Waals surface area contributed by atoms with Crippen LogP contribution >= 0.6 is 11.3 Å². The van der Waals surface area contributed by atoms with Gasteiger partial charge in [-0.3, -0.25) is 11.3 Å². The molecule has 16 heavy (non-hydrogen) atoms. The third kappa shape index (κ3) is 3.55. The summed E-state index contributed by atoms with van der Waals surface area (Å²) in [6, 6.07) is 12.5. The molecule has 0 N–H and O–H groups in total. The predicted octanol–water partition coefficient (Wildman–Crippen LogP) is 1.25. The van der Waals surface area contributed by atoms with Gasteiger partial charge in [0.1, 0.15) is 0 Å². The molecule has 0 saturated carbocycles. The molecule has 0 nitrogen and oxygen atoms in total. The van der Waals surface area contributed by atoms with Crippen molar-refractivity contribution in [3.63, 3.8) is 0 Å². The van der Waals surface area contributed by atoms with Crippen LogP contribution < -0.4 is 12.4 Å². The normalized spacial score (nSPS) is 8.81. The Morgan fingerprint density at radius 2 is 1.81 bits per heavy atom. The van der Waals surface area contributed by atoms with Gasteiger partial charge in [0.15, 0.2) is 0 Å². The summed E-state index contributed by atoms with van der Waals surface area (Å²) >= 11 is 1.64. The Hall–Kier alpha value is -0.427. The van der Waals surface area contributed by atoms with E-state index in [0.717, 1.165) is 5.57 Å². The second-order valence-electron chi connectivity index (χ2n) is 3.28. The molecule has 0 amide bonds. The minimum absolute atomic E-state index is 0. The largest absolute Gasteiger partial charge is 2.00 e. The Labute approximate surface area is 120 Å². The van der Waals surface area contributed by atoms with Gasteiger partial charge in [-0.1, -0.05) is 42.0 Å². The number of benzene rings is 1. The molecule has 2 rings (SSSR count). The Morgan fingerprint density at radius 1 is 1.19 bits per heavy atom. The monoisotopic (exact) mass is 298 g/mol. The first-order chi connectivity index (χ1) is 6.77. The molecule has 0 atom stereocenters. The second kappa shape index (κ2) is 7.01. The molecule has 0 aliphatic carbocycles. The minimum atomic E-state index is 0. The van der Waals surface area contributed by atoms with E-state index in [1.807, 2.05) is 13.0 Å². The van der Waals surface area contributed by atoms with Crippen molar-refractivity contribution in [3.05, 3.63) is 53.9 Å². The number of thiophene rings is 1. The van der Waals surface area contributed by atoms with E-state index in [-0.39, 0.29) is 31.9 Å². The third-order valence-corrected chi connectivity index (χ3v) is 2.98. The predicted molar refractivity (Wildman–Crippen MR) is 63.3 cm³/mol. The quantitative estimate of drug-likeness (QED) is 0.578. The molecule has 1 heterocycles. The molecule has 0 bridgehead atoms. The van der Waals surface area contributed by atoms with E-state index in [4.69, 9.17) is 0 Å². The van der Waals surface area contributed by atoms with E-state index in [1.54, 1.807) is 11.3 Å². The smallest absolute Gasteiger partial charge is 1.00 e. The van der Waals surface area contributed by atoms with Crippen molar-refractivity contribution in [1.82, 2.24) is 0 Å². The first-order valence-corrected chi connectivity index (χ1v) is 5.31. The van der Waals surface area contributed by atoms with Gasteiger partial charge in [-0.15, -0.1) is 10.3 Å². The Balaban J connectivity index is 0.00000112. The van der Waals surface area contributed by atoms with Crippen molar-refractivity contribution in [2.75, 3.05) is 0 Å². The SMILES string of the molecule is C=C(C)c1ccc(-c2cc[c-]s2)cc1.[Cl-].[Zn+2]. The fourth-order valence-corrected chi connectivity index (χ4v) is 1.97. The minimum Gasteiger partial charge on any atom is -1.00 e. The molecule has 1 aromatic carbocycles. The molecular formula is C13H11ClSZn. The zero-order chi connectivity index (χ0) is 9.97. The Bertz CT molecular complexity index is 431. The van der Waals surface area contributed by atoms with Crippen molar-refractivity contribution < 1.29 is 31.9 Å². The van der Waals surface area contributed by atoms with Crippen LogP contribution in [0.4, 0.5) is 0 Å². The molecule has 0 radical (unpaired) electrons. The number of halogens is 1. The van der Waals surface area contributed by atoms with Crippen LogP contribution in [0.25, 0.3) is 16.0 Å². The van der Waals surface area contributed by atoms with Crippen LogP contribution in [0.1, 0.15) is 12.5 Å². The van der Waals surface area contributed by atoms with Gasteiger partial charge in [-0.05, 0) is 12.5 Å². The van der Waals surface area contributed by atoms with Crippen LogP contribution in [-0.4, -0.2) is 0 Å². The van der Waals surface area contributed by atoms with Crippen molar-refractivity contribution in [1.29, 1.82) is 0 Å². The van der Waals surface area contributed by atoms with E-state index < -0.39 is 0 Å². The molecule has 0 aliphatic rings. The third-order valence-electron chi connectivity index (χ3n) is 2.13. The standard InChI is InChI=1S/C13H11S.ClH.Zn/c1-10(2)11-5-7-12(8-6-11)13-4-3-9-14-13;;/h3-8H,1H2,2H3;1H;/q-1;;+2/p-1. The van der Waals surface area contributed by atoms with Crippen LogP contribution in [0.2, 0.25) is 0 Å². The maximum Gasteiger partial charge on any atom is 2.00 e. The first kappa shape index (κ1) is 15.6. The van der Waals surface area contributed by atoms with Crippen LogP contribution in [-0.2, 0) is 19.5 Å². The van der Waals surface area contributed by atoms with E-state index in [2.05, 4.69) is 42.3 Å². The van der Waals surface area contributed by atoms with Crippen LogP contribution in [0.3, 0.4) is 0 Å². The van der Waals surface area contributed by atoms with Gasteiger partial charge in [0.25, 0.3) is 0 Å². The van der Waals surface area contributed by atoms with Gasteiger partial charge in [0, 0.05) is 0 Å². The molecule has 0 unspecified atom stereocenters. The fourth-order valence-electron chi connectivity index (χ4n) is 1.32. The number of hydrogen-bond acceptors (Lipinski definition) is 1. The molecule has 0 saturated heterocycles. The number of rotatable bonds is 2. The van der Waals surface area contributed by atoms with Crippen LogP contribution in [0.15, 0.2) is 43.0 Å². The molecule has 3 heteroatoms. The summed E-state index contributed by atoms with van der Waals surface area (Å²) in [5.74, 6) is 0. The average molecular weight is 300 g/mol. The molecule has 78 valence electrons. The summed E-state index contributed by atoms with van der Waals surface area (Å²) in [5, 5.41) is 3.09. The molecular weight excluding hydrogens is 289 g/mol. The summed E-state index contributed by atoms with van der Waals surface area (Å²) in [7, 11) is 0. The van der Waals surface area contributed by atoms with Gasteiger partial charge in [0.2, 0.25) is 0 Å². The maximum absolute atomic E-state index is 3.91. The summed E-state index contributed by atoms with van der Waals surface area (Å²) in [6.45, 7) is 5.94. The van der Waals surface area contributed by atoms with E-state index in [1.165, 1.54) is 16.0 Å². The van der Waals surface area contributed by atoms with Crippen molar-refractivity contribution in [2.24, 2.45) is 0 Å². The second-order valence-corrected chi connectivity index (χ2v) is 4.15. The zero-order valence-corrected chi connectivity index (χ0v) is 13.7. The van der Waals surface area contributed by atoms with Crippen molar-refractivity contribution in [3.8, 4) is 10.4 Å². The van der Waals surface area contributed by atoms with Crippen molar-refractivity contribution in [2.45, 2.75) is 6.92 Å². The fraction of sp³-hybridized carbons (Fsp3) is 0.0769. The molecule has 1 aromatic heterocycles. The first-order valence-electron chi connectivity index (χ1n) is 4.49. The van der Waals surface area contributed by atoms with Gasteiger partial charge >= 0.3 is 19.5 Å². The topological polar surface area (TPSA) is 0 Å². The maximum atomic E-state index is 3.91. The van der Waals surface area contributed by atoms with Crippen LogP contribution in [0.5, 0.6) is 0 Å². The van der Waals surface area contributed by atoms with E-state index >= 15 is 0 Å². The molecule has 2 aromatic rings. The van der Waals surface area contributed by atoms with Gasteiger partial charge in [-0.2, -0.15) is 12.1 Å². The van der Waals surface area contributed by atoms with Gasteiger partial charge in [-0.25, -0.2) is 0 Å². The molecule has 0 spiro atoms. The van der Waals surface area contributed by atoms with E-state index in [9.17, 15) is 0 Å². The summed E-state index contributed by atoms with van der Waals surface area (Å²) in [5.41, 5.74) is 3.56. The number of allylic oxidation sites excluding steroid dienone is 1.